The first-order valence-electron chi connectivity index (χ1n) is 15.4. The third-order valence-electron chi connectivity index (χ3n) is 7.81. The zero-order chi connectivity index (χ0) is 37.0. The van der Waals surface area contributed by atoms with Gasteiger partial charge in [0.2, 0.25) is 5.78 Å². The number of carbonyl (C=O) groups excluding carboxylic acids is 3. The lowest BCUT2D eigenvalue weighted by molar-refractivity contribution is -0.272. The molecular formula is C30H38O18P2. The fourth-order valence-electron chi connectivity index (χ4n) is 5.64. The van der Waals surface area contributed by atoms with Gasteiger partial charge in [0.1, 0.15) is 22.8 Å². The summed E-state index contributed by atoms with van der Waals surface area (Å²) in [4.78, 5) is 60.5. The van der Waals surface area contributed by atoms with Crippen molar-refractivity contribution < 1.29 is 86.9 Å². The van der Waals surface area contributed by atoms with Crippen LogP contribution >= 0.6 is 15.2 Å². The normalized spacial score (nSPS) is 18.9. The number of Topliss-reactive ketones (excluding diaryl/α,β-unsaturated/α-hetero) is 1. The van der Waals surface area contributed by atoms with E-state index in [9.17, 15) is 43.9 Å². The Morgan fingerprint density at radius 1 is 0.840 bits per heavy atom. The van der Waals surface area contributed by atoms with E-state index in [4.69, 9.17) is 43.0 Å². The van der Waals surface area contributed by atoms with Crippen LogP contribution in [0.4, 0.5) is 0 Å². The number of phenols is 2. The molecule has 18 nitrogen and oxygen atoms in total. The van der Waals surface area contributed by atoms with Gasteiger partial charge in [-0.25, -0.2) is 19.6 Å². The topological polar surface area (TPSA) is 249 Å². The average Bonchev–Trinajstić information content (AvgIpc) is 3.09. The fraction of sp³-hybridized carbons (Fsp3) is 0.500. The highest BCUT2D eigenvalue weighted by atomic mass is 31.2. The van der Waals surface area contributed by atoms with E-state index in [1.807, 2.05) is 0 Å². The molecule has 2 unspecified atom stereocenters. The molecule has 2 aliphatic rings. The molecule has 0 fully saturated rings. The lowest BCUT2D eigenvalue weighted by atomic mass is 9.71. The Morgan fingerprint density at radius 3 is 1.82 bits per heavy atom. The number of aromatic hydroxyl groups is 2. The lowest BCUT2D eigenvalue weighted by Crippen LogP contribution is -2.46. The van der Waals surface area contributed by atoms with Crippen molar-refractivity contribution in [1.82, 2.24) is 0 Å². The zero-order valence-corrected chi connectivity index (χ0v) is 29.5. The predicted molar refractivity (Wildman–Crippen MR) is 167 cm³/mol. The van der Waals surface area contributed by atoms with Gasteiger partial charge in [0.25, 0.3) is 0 Å². The molecule has 0 aliphatic heterocycles. The first-order valence-corrected chi connectivity index (χ1v) is 18.7. The van der Waals surface area contributed by atoms with E-state index in [2.05, 4.69) is 0 Å². The van der Waals surface area contributed by atoms with Crippen LogP contribution in [0.3, 0.4) is 0 Å². The van der Waals surface area contributed by atoms with E-state index in [0.29, 0.717) is 0 Å². The SMILES string of the molecule is CCOOP(=O)(OOCC)C(CC(=O)C1(O)Cc2c(O)c3c(c(O)c2C(O)C1)C(=O)c1c(OC)cccc1C3=O)P(=O)(OOCC)OOCC. The standard InChI is InChI=1S/C30H38O18P2/c1-6-41-45-49(38,46-42-7-2)21(50(39,47-43-8-3)48-44-9-4)13-20(32)30(37)14-17-22(18(31)15-30)28(35)25-24(27(17)34)26(33)16-11-10-12-19(40-5)23(16)29(25)36/h10-12,18,21,31,34-35,37H,6-9,13-15H2,1-5H3. The highest BCUT2D eigenvalue weighted by molar-refractivity contribution is 7.72. The molecule has 0 saturated carbocycles. The highest BCUT2D eigenvalue weighted by Crippen LogP contribution is 2.72. The molecule has 4 N–H and O–H groups in total. The van der Waals surface area contributed by atoms with E-state index in [1.54, 1.807) is 0 Å². The average molecular weight is 749 g/mol. The number of benzene rings is 2. The number of methoxy groups -OCH3 is 1. The number of phenolic OH excluding ortho intramolecular Hbond substituents is 2. The first kappa shape index (κ1) is 39.7. The number of aliphatic hydroxyl groups is 2. The minimum absolute atomic E-state index is 0.0241. The van der Waals surface area contributed by atoms with Crippen molar-refractivity contribution >= 4 is 32.5 Å². The summed E-state index contributed by atoms with van der Waals surface area (Å²) in [5.41, 5.74) is -5.12. The lowest BCUT2D eigenvalue weighted by Gasteiger charge is -2.38. The van der Waals surface area contributed by atoms with Crippen molar-refractivity contribution in [3.8, 4) is 17.2 Å². The van der Waals surface area contributed by atoms with Gasteiger partial charge in [0.05, 0.1) is 56.3 Å². The van der Waals surface area contributed by atoms with Crippen LogP contribution in [0, 0.1) is 0 Å². The Morgan fingerprint density at radius 2 is 1.34 bits per heavy atom. The van der Waals surface area contributed by atoms with Gasteiger partial charge in [-0.3, -0.25) is 23.5 Å². The summed E-state index contributed by atoms with van der Waals surface area (Å²) in [5, 5.41) is 43.4. The number of rotatable bonds is 18. The van der Waals surface area contributed by atoms with Crippen LogP contribution in [0.5, 0.6) is 17.2 Å². The molecule has 2 aromatic carbocycles. The molecule has 2 aliphatic carbocycles. The van der Waals surface area contributed by atoms with Crippen molar-refractivity contribution in [3.05, 3.63) is 51.6 Å². The maximum absolute atomic E-state index is 14.1. The molecule has 0 aromatic heterocycles. The van der Waals surface area contributed by atoms with Gasteiger partial charge in [-0.2, -0.15) is 0 Å². The number of ketones is 3. The summed E-state index contributed by atoms with van der Waals surface area (Å²) in [6.45, 7) is 4.88. The minimum Gasteiger partial charge on any atom is -0.507 e. The van der Waals surface area contributed by atoms with Crippen LogP contribution in [0.1, 0.15) is 89.6 Å². The molecule has 0 heterocycles. The first-order chi connectivity index (χ1) is 23.7. The maximum atomic E-state index is 14.1. The molecule has 2 aromatic rings. The predicted octanol–water partition coefficient (Wildman–Crippen LogP) is 4.14. The number of ether oxygens (including phenoxy) is 1. The van der Waals surface area contributed by atoms with Gasteiger partial charge in [-0.05, 0) is 33.8 Å². The fourth-order valence-corrected chi connectivity index (χ4v) is 9.72. The van der Waals surface area contributed by atoms with Crippen LogP contribution in [0.2, 0.25) is 0 Å². The van der Waals surface area contributed by atoms with E-state index in [1.165, 1.54) is 53.0 Å². The maximum Gasteiger partial charge on any atom is 0.399 e. The van der Waals surface area contributed by atoms with Gasteiger partial charge >= 0.3 is 15.2 Å². The van der Waals surface area contributed by atoms with E-state index >= 15 is 0 Å². The van der Waals surface area contributed by atoms with Crippen molar-refractivity contribution in [2.75, 3.05) is 33.5 Å². The van der Waals surface area contributed by atoms with Crippen molar-refractivity contribution in [2.24, 2.45) is 0 Å². The summed E-state index contributed by atoms with van der Waals surface area (Å²) >= 11 is 0. The third kappa shape index (κ3) is 7.30. The largest absolute Gasteiger partial charge is 0.507 e. The van der Waals surface area contributed by atoms with Gasteiger partial charge in [0.15, 0.2) is 17.0 Å². The number of aliphatic hydroxyl groups excluding tert-OH is 1. The summed E-state index contributed by atoms with van der Waals surface area (Å²) in [7, 11) is -8.85. The number of hydrogen-bond acceptors (Lipinski definition) is 18. The monoisotopic (exact) mass is 748 g/mol. The van der Waals surface area contributed by atoms with Crippen molar-refractivity contribution in [1.29, 1.82) is 0 Å². The molecular weight excluding hydrogens is 710 g/mol. The summed E-state index contributed by atoms with van der Waals surface area (Å²) < 4.78 is 53.2. The molecule has 0 amide bonds. The smallest absolute Gasteiger partial charge is 0.399 e. The molecule has 0 bridgehead atoms. The third-order valence-corrected chi connectivity index (χ3v) is 12.6. The second-order valence-electron chi connectivity index (χ2n) is 10.9. The second kappa shape index (κ2) is 16.1. The summed E-state index contributed by atoms with van der Waals surface area (Å²) in [6, 6.07) is 4.17. The van der Waals surface area contributed by atoms with Crippen molar-refractivity contribution in [3.63, 3.8) is 0 Å². The Hall–Kier alpha value is -3.09. The zero-order valence-electron chi connectivity index (χ0n) is 27.7. The summed E-state index contributed by atoms with van der Waals surface area (Å²) in [5.74, 6) is -4.78. The van der Waals surface area contributed by atoms with Gasteiger partial charge in [-0.1, -0.05) is 12.1 Å². The van der Waals surface area contributed by atoms with Crippen LogP contribution in [0.15, 0.2) is 18.2 Å². The molecule has 50 heavy (non-hydrogen) atoms. The molecule has 0 radical (unpaired) electrons. The van der Waals surface area contributed by atoms with Crippen LogP contribution in [-0.2, 0) is 58.6 Å². The van der Waals surface area contributed by atoms with Crippen LogP contribution in [-0.4, -0.2) is 82.3 Å². The van der Waals surface area contributed by atoms with Gasteiger partial charge < -0.3 is 25.2 Å². The van der Waals surface area contributed by atoms with Crippen LogP contribution in [0.25, 0.3) is 0 Å². The molecule has 0 spiro atoms. The molecule has 0 saturated heterocycles. The number of carbonyl (C=O) groups is 3. The number of fused-ring (bicyclic) bond motifs is 3. The van der Waals surface area contributed by atoms with E-state index < -0.39 is 103 Å². The molecule has 20 heteroatoms. The Balaban J connectivity index is 1.82. The van der Waals surface area contributed by atoms with E-state index in [0.717, 1.165) is 0 Å². The van der Waals surface area contributed by atoms with Crippen molar-refractivity contribution in [2.45, 2.75) is 64.1 Å². The van der Waals surface area contributed by atoms with Gasteiger partial charge in [-0.15, -0.1) is 18.7 Å². The summed E-state index contributed by atoms with van der Waals surface area (Å²) in [6.07, 6.45) is -4.89. The van der Waals surface area contributed by atoms with Crippen LogP contribution < -0.4 is 4.74 Å². The molecule has 2 atom stereocenters. The Kier molecular flexibility index (Phi) is 12.8. The number of hydrogen-bond donors (Lipinski definition) is 4. The quantitative estimate of drug-likeness (QED) is 0.0617. The molecule has 276 valence electrons. The van der Waals surface area contributed by atoms with Gasteiger partial charge in [0, 0.05) is 36.0 Å². The molecule has 4 rings (SSSR count). The Labute approximate surface area is 285 Å². The Bertz CT molecular complexity index is 1670. The minimum atomic E-state index is -5.06. The highest BCUT2D eigenvalue weighted by Gasteiger charge is 2.58. The second-order valence-corrected chi connectivity index (χ2v) is 15.3. The van der Waals surface area contributed by atoms with E-state index in [-0.39, 0.29) is 43.3 Å².